The second kappa shape index (κ2) is 6.42. The fourth-order valence-corrected chi connectivity index (χ4v) is 2.18. The Kier molecular flexibility index (Phi) is 6.63. The molecular weight excluding hydrogens is 271 g/mol. The predicted octanol–water partition coefficient (Wildman–Crippen LogP) is 1.66. The van der Waals surface area contributed by atoms with E-state index in [0.29, 0.717) is 0 Å². The van der Waals surface area contributed by atoms with Crippen LogP contribution in [-0.4, -0.2) is 0 Å². The molecule has 2 heteroatoms. The number of benzene rings is 1. The zero-order valence-electron chi connectivity index (χ0n) is 15.1. The monoisotopic (exact) mass is 300 g/mol. The van der Waals surface area contributed by atoms with Crippen molar-refractivity contribution in [3.05, 3.63) is 28.8 Å². The van der Waals surface area contributed by atoms with Crippen LogP contribution in [0.25, 0.3) is 0 Å². The van der Waals surface area contributed by atoms with Gasteiger partial charge in [-0.25, -0.2) is 0 Å². The second-order valence-corrected chi connectivity index (χ2v) is 8.65. The Balaban J connectivity index is 0.00000361. The minimum absolute atomic E-state index is 0. The molecule has 0 atom stereocenters. The summed E-state index contributed by atoms with van der Waals surface area (Å²) in [5.41, 5.74) is 2.96. The molecule has 1 nitrogen and oxygen atoms in total. The van der Waals surface area contributed by atoms with Gasteiger partial charge in [-0.05, 0) is 32.9 Å². The standard InChI is InChI=1S/C18H30O.K/c1-16(2,3)12-10-13(17(4,5)6)15(19)14(11-12)18(7,8)9;/h10-11,19H,1-9H3;/q;+1/p-1. The maximum atomic E-state index is 12.7. The van der Waals surface area contributed by atoms with Crippen molar-refractivity contribution in [3.63, 3.8) is 0 Å². The molecule has 1 aromatic carbocycles. The van der Waals surface area contributed by atoms with E-state index in [-0.39, 0.29) is 73.4 Å². The molecule has 0 aromatic heterocycles. The predicted molar refractivity (Wildman–Crippen MR) is 82.0 cm³/mol. The third-order valence-corrected chi connectivity index (χ3v) is 3.57. The molecule has 0 spiro atoms. The maximum Gasteiger partial charge on any atom is 1.00 e. The summed E-state index contributed by atoms with van der Waals surface area (Å²) in [6.45, 7) is 19.3. The van der Waals surface area contributed by atoms with E-state index in [1.807, 2.05) is 0 Å². The van der Waals surface area contributed by atoms with Gasteiger partial charge in [0.25, 0.3) is 0 Å². The van der Waals surface area contributed by atoms with E-state index in [1.54, 1.807) is 0 Å². The van der Waals surface area contributed by atoms with Crippen molar-refractivity contribution in [2.45, 2.75) is 78.6 Å². The smallest absolute Gasteiger partial charge is 0.872 e. The van der Waals surface area contributed by atoms with E-state index >= 15 is 0 Å². The molecule has 0 N–H and O–H groups in total. The van der Waals surface area contributed by atoms with Gasteiger partial charge in [-0.3, -0.25) is 0 Å². The van der Waals surface area contributed by atoms with Crippen molar-refractivity contribution >= 4 is 0 Å². The van der Waals surface area contributed by atoms with E-state index in [9.17, 15) is 5.11 Å². The Morgan fingerprint density at radius 2 is 0.950 bits per heavy atom. The van der Waals surface area contributed by atoms with Gasteiger partial charge in [-0.1, -0.05) is 74.4 Å². The number of hydrogen-bond donors (Lipinski definition) is 0. The van der Waals surface area contributed by atoms with Gasteiger partial charge in [0.1, 0.15) is 0 Å². The van der Waals surface area contributed by atoms with E-state index in [1.165, 1.54) is 5.56 Å². The van der Waals surface area contributed by atoms with Crippen LogP contribution in [0.5, 0.6) is 5.75 Å². The van der Waals surface area contributed by atoms with Gasteiger partial charge in [0.15, 0.2) is 0 Å². The molecule has 0 saturated heterocycles. The number of hydrogen-bond acceptors (Lipinski definition) is 1. The van der Waals surface area contributed by atoms with Crippen molar-refractivity contribution in [1.29, 1.82) is 0 Å². The van der Waals surface area contributed by atoms with Crippen molar-refractivity contribution in [2.75, 3.05) is 0 Å². The van der Waals surface area contributed by atoms with Crippen molar-refractivity contribution in [2.24, 2.45) is 0 Å². The van der Waals surface area contributed by atoms with E-state index in [2.05, 4.69) is 74.4 Å². The van der Waals surface area contributed by atoms with Crippen LogP contribution in [-0.2, 0) is 16.2 Å². The Bertz CT molecular complexity index is 433. The van der Waals surface area contributed by atoms with Gasteiger partial charge in [0.2, 0.25) is 0 Å². The molecule has 0 aliphatic rings. The zero-order valence-corrected chi connectivity index (χ0v) is 18.2. The average molecular weight is 301 g/mol. The molecule has 0 radical (unpaired) electrons. The molecule has 0 unspecified atom stereocenters. The Hall–Kier alpha value is 0.656. The Labute approximate surface area is 168 Å². The summed E-state index contributed by atoms with van der Waals surface area (Å²) in [5, 5.41) is 12.7. The molecule has 0 amide bonds. The molecule has 0 heterocycles. The van der Waals surface area contributed by atoms with Crippen LogP contribution < -0.4 is 56.5 Å². The van der Waals surface area contributed by atoms with E-state index in [4.69, 9.17) is 0 Å². The van der Waals surface area contributed by atoms with Crippen LogP contribution in [0, 0.1) is 0 Å². The molecule has 0 aliphatic heterocycles. The summed E-state index contributed by atoms with van der Waals surface area (Å²) in [6, 6.07) is 4.22. The van der Waals surface area contributed by atoms with Gasteiger partial charge in [0, 0.05) is 0 Å². The van der Waals surface area contributed by atoms with Crippen LogP contribution in [0.2, 0.25) is 0 Å². The minimum atomic E-state index is -0.113. The SMILES string of the molecule is CC(C)(C)c1cc(C(C)(C)C)c([O-])c(C(C)(C)C)c1.[K+]. The Morgan fingerprint density at radius 1 is 0.650 bits per heavy atom. The first-order chi connectivity index (χ1) is 8.24. The van der Waals surface area contributed by atoms with Crippen LogP contribution in [0.4, 0.5) is 0 Å². The largest absolute Gasteiger partial charge is 1.00 e. The van der Waals surface area contributed by atoms with Crippen LogP contribution >= 0.6 is 0 Å². The molecular formula is C18H29KO. The normalized spacial score (nSPS) is 13.1. The van der Waals surface area contributed by atoms with E-state index < -0.39 is 0 Å². The van der Waals surface area contributed by atoms with Gasteiger partial charge in [-0.2, -0.15) is 0 Å². The van der Waals surface area contributed by atoms with Crippen LogP contribution in [0.15, 0.2) is 12.1 Å². The molecule has 108 valence electrons. The topological polar surface area (TPSA) is 23.1 Å². The van der Waals surface area contributed by atoms with Crippen molar-refractivity contribution in [3.8, 4) is 5.75 Å². The first-order valence-electron chi connectivity index (χ1n) is 7.11. The molecule has 0 fully saturated rings. The third-order valence-electron chi connectivity index (χ3n) is 3.57. The minimum Gasteiger partial charge on any atom is -0.872 e. The molecule has 1 rings (SSSR count). The van der Waals surface area contributed by atoms with E-state index in [0.717, 1.165) is 11.1 Å². The molecule has 0 bridgehead atoms. The summed E-state index contributed by atoms with van der Waals surface area (Å²) in [7, 11) is 0. The number of rotatable bonds is 0. The van der Waals surface area contributed by atoms with Crippen LogP contribution in [0.1, 0.15) is 79.0 Å². The zero-order chi connectivity index (χ0) is 15.2. The summed E-state index contributed by atoms with van der Waals surface area (Å²) in [4.78, 5) is 0. The molecule has 0 aliphatic carbocycles. The molecule has 20 heavy (non-hydrogen) atoms. The van der Waals surface area contributed by atoms with Crippen molar-refractivity contribution < 1.29 is 56.5 Å². The first-order valence-corrected chi connectivity index (χ1v) is 7.11. The molecule has 1 aromatic rings. The fraction of sp³-hybridized carbons (Fsp3) is 0.667. The van der Waals surface area contributed by atoms with Gasteiger partial charge in [0.05, 0.1) is 0 Å². The summed E-state index contributed by atoms with van der Waals surface area (Å²) in [6.07, 6.45) is 0. The van der Waals surface area contributed by atoms with Crippen LogP contribution in [0.3, 0.4) is 0 Å². The maximum absolute atomic E-state index is 12.7. The van der Waals surface area contributed by atoms with Gasteiger partial charge in [-0.15, -0.1) is 5.75 Å². The van der Waals surface area contributed by atoms with Gasteiger partial charge < -0.3 is 5.11 Å². The quantitative estimate of drug-likeness (QED) is 0.668. The summed E-state index contributed by atoms with van der Waals surface area (Å²) < 4.78 is 0. The summed E-state index contributed by atoms with van der Waals surface area (Å²) >= 11 is 0. The van der Waals surface area contributed by atoms with Gasteiger partial charge >= 0.3 is 51.4 Å². The molecule has 0 saturated carbocycles. The first kappa shape index (κ1) is 20.7. The third kappa shape index (κ3) is 4.84. The Morgan fingerprint density at radius 3 is 1.15 bits per heavy atom. The second-order valence-electron chi connectivity index (χ2n) is 8.65. The summed E-state index contributed by atoms with van der Waals surface area (Å²) in [5.74, 6) is 0.216. The average Bonchev–Trinajstić information content (AvgIpc) is 2.11. The fourth-order valence-electron chi connectivity index (χ4n) is 2.18. The van der Waals surface area contributed by atoms with Crippen molar-refractivity contribution in [1.82, 2.24) is 0 Å².